The Balaban J connectivity index is 1.07. The molecule has 0 bridgehead atoms. The predicted octanol–water partition coefficient (Wildman–Crippen LogP) is 3.25. The van der Waals surface area contributed by atoms with Crippen molar-refractivity contribution in [3.63, 3.8) is 0 Å². The van der Waals surface area contributed by atoms with Crippen LogP contribution in [0.15, 0.2) is 46.7 Å². The third-order valence-corrected chi connectivity index (χ3v) is 9.88. The van der Waals surface area contributed by atoms with Crippen LogP contribution in [-0.2, 0) is 6.42 Å². The molecule has 40 heavy (non-hydrogen) atoms. The Morgan fingerprint density at radius 3 is 2.73 bits per heavy atom. The molecule has 4 N–H and O–H groups in total. The number of carbonyl (C=O) groups is 1. The molecule has 3 aromatic rings. The van der Waals surface area contributed by atoms with Gasteiger partial charge in [0.2, 0.25) is 0 Å². The quantitative estimate of drug-likeness (QED) is 0.489. The molecule has 0 saturated carbocycles. The van der Waals surface area contributed by atoms with E-state index in [-0.39, 0.29) is 29.6 Å². The first kappa shape index (κ1) is 25.3. The molecule has 2 fully saturated rings. The number of hydrogen-bond acceptors (Lipinski definition) is 10. The van der Waals surface area contributed by atoms with Gasteiger partial charge in [0.1, 0.15) is 17.5 Å². The number of anilines is 3. The lowest BCUT2D eigenvalue weighted by Gasteiger charge is -2.42. The number of pyridine rings is 2. The van der Waals surface area contributed by atoms with Gasteiger partial charge in [0.05, 0.1) is 17.1 Å². The van der Waals surface area contributed by atoms with Crippen LogP contribution in [-0.4, -0.2) is 69.2 Å². The van der Waals surface area contributed by atoms with Crippen molar-refractivity contribution in [2.45, 2.75) is 61.2 Å². The van der Waals surface area contributed by atoms with Gasteiger partial charge in [0.25, 0.3) is 0 Å². The Kier molecular flexibility index (Phi) is 6.00. The van der Waals surface area contributed by atoms with E-state index in [1.165, 1.54) is 17.3 Å². The molecule has 6 heterocycles. The molecule has 0 radical (unpaired) electrons. The topological polar surface area (TPSA) is 140 Å². The zero-order valence-corrected chi connectivity index (χ0v) is 23.5. The summed E-state index contributed by atoms with van der Waals surface area (Å²) in [5.74, 6) is 2.26. The monoisotopic (exact) mass is 559 g/mol. The van der Waals surface area contributed by atoms with Crippen LogP contribution in [0.1, 0.15) is 44.0 Å². The number of hydrogen-bond donors (Lipinski definition) is 2. The second-order valence-corrected chi connectivity index (χ2v) is 12.4. The van der Waals surface area contributed by atoms with E-state index in [0.29, 0.717) is 35.6 Å². The van der Waals surface area contributed by atoms with E-state index in [2.05, 4.69) is 25.9 Å². The van der Waals surface area contributed by atoms with Crippen LogP contribution in [0.3, 0.4) is 0 Å². The minimum absolute atomic E-state index is 0.0152. The number of aromatic nitrogens is 4. The minimum atomic E-state index is -0.0489. The molecule has 2 saturated heterocycles. The largest absolute Gasteiger partial charge is 0.486 e. The molecule has 1 unspecified atom stereocenters. The number of urea groups is 1. The Labute approximate surface area is 237 Å². The summed E-state index contributed by atoms with van der Waals surface area (Å²) in [7, 11) is 0. The van der Waals surface area contributed by atoms with Gasteiger partial charge in [-0.15, -0.1) is 0 Å². The first-order valence-electron chi connectivity index (χ1n) is 13.8. The van der Waals surface area contributed by atoms with Crippen molar-refractivity contribution < 1.29 is 9.53 Å². The molecule has 12 heteroatoms. The van der Waals surface area contributed by atoms with Crippen LogP contribution in [0, 0.1) is 5.41 Å². The van der Waals surface area contributed by atoms with Crippen LogP contribution in [0.4, 0.5) is 22.2 Å². The van der Waals surface area contributed by atoms with Gasteiger partial charge in [0, 0.05) is 49.8 Å². The molecule has 7 rings (SSSR count). The summed E-state index contributed by atoms with van der Waals surface area (Å²) in [5, 5.41) is 0.590. The van der Waals surface area contributed by atoms with Gasteiger partial charge in [-0.05, 0) is 56.2 Å². The summed E-state index contributed by atoms with van der Waals surface area (Å²) in [4.78, 5) is 38.3. The fraction of sp³-hybridized carbons (Fsp3) is 0.464. The first-order chi connectivity index (χ1) is 19.3. The average molecular weight is 560 g/mol. The number of nitrogen functional groups attached to an aromatic ring is 1. The van der Waals surface area contributed by atoms with E-state index >= 15 is 0 Å². The van der Waals surface area contributed by atoms with Crippen molar-refractivity contribution in [1.82, 2.24) is 24.8 Å². The van der Waals surface area contributed by atoms with Gasteiger partial charge in [-0.2, -0.15) is 0 Å². The fourth-order valence-corrected chi connectivity index (χ4v) is 7.37. The van der Waals surface area contributed by atoms with Gasteiger partial charge in [-0.3, -0.25) is 9.88 Å². The van der Waals surface area contributed by atoms with Crippen molar-refractivity contribution in [3.05, 3.63) is 48.0 Å². The third-order valence-electron chi connectivity index (χ3n) is 8.83. The van der Waals surface area contributed by atoms with Gasteiger partial charge in [-0.1, -0.05) is 17.8 Å². The van der Waals surface area contributed by atoms with Gasteiger partial charge >= 0.3 is 6.03 Å². The molecule has 1 spiro atoms. The van der Waals surface area contributed by atoms with Crippen LogP contribution in [0.25, 0.3) is 0 Å². The Morgan fingerprint density at radius 1 is 1.15 bits per heavy atom. The molecule has 3 aliphatic heterocycles. The summed E-state index contributed by atoms with van der Waals surface area (Å²) in [5.41, 5.74) is 15.5. The first-order valence-corrected chi connectivity index (χ1v) is 14.6. The van der Waals surface area contributed by atoms with E-state index in [9.17, 15) is 4.79 Å². The highest BCUT2D eigenvalue weighted by molar-refractivity contribution is 7.99. The highest BCUT2D eigenvalue weighted by atomic mass is 32.2. The molecular formula is C28H33N9O2S. The maximum atomic E-state index is 13.1. The Hall–Kier alpha value is -3.64. The molecule has 1 aliphatic carbocycles. The molecule has 208 valence electrons. The number of rotatable bonds is 4. The van der Waals surface area contributed by atoms with E-state index < -0.39 is 0 Å². The number of nitrogens with two attached hydrogens (primary N) is 2. The molecule has 2 amide bonds. The third kappa shape index (κ3) is 3.95. The molecule has 11 nitrogen and oxygen atoms in total. The normalized spacial score (nSPS) is 22.9. The lowest BCUT2D eigenvalue weighted by molar-refractivity contribution is 0.186. The lowest BCUT2D eigenvalue weighted by Crippen LogP contribution is -2.44. The van der Waals surface area contributed by atoms with E-state index in [1.807, 2.05) is 37.1 Å². The number of ether oxygens (including phenoxy) is 1. The zero-order chi connectivity index (χ0) is 27.6. The van der Waals surface area contributed by atoms with Crippen molar-refractivity contribution in [1.29, 1.82) is 0 Å². The number of nitrogens with zero attached hydrogens (tertiary/aromatic N) is 7. The van der Waals surface area contributed by atoms with E-state index in [4.69, 9.17) is 21.2 Å². The summed E-state index contributed by atoms with van der Waals surface area (Å²) >= 11 is 1.38. The van der Waals surface area contributed by atoms with Crippen molar-refractivity contribution >= 4 is 35.2 Å². The number of carbonyl (C=O) groups excluding carboxylic acids is 1. The van der Waals surface area contributed by atoms with E-state index in [0.717, 1.165) is 48.8 Å². The standard InChI is InChI=1S/C28H33N9O2S/c1-16(2)36-14-17-15-39-22-20(5-9-32-25(22)37(17)27(36)38)40-26-24(30)34-21(13-33-26)35-10-6-28(7-11-35)12-19-18(23(28)29)4-3-8-31-19/h3-5,8-9,13,16-17,23H,6-7,10-12,14-15,29H2,1-2H3,(H2,30,34)/t17?,23-/m1/s1. The summed E-state index contributed by atoms with van der Waals surface area (Å²) in [6, 6.07) is 5.99. The molecule has 2 atom stereocenters. The molecular weight excluding hydrogens is 526 g/mol. The Bertz CT molecular complexity index is 1480. The average Bonchev–Trinajstić information content (AvgIpc) is 3.44. The minimum Gasteiger partial charge on any atom is -0.486 e. The van der Waals surface area contributed by atoms with Crippen LogP contribution < -0.4 is 26.0 Å². The summed E-state index contributed by atoms with van der Waals surface area (Å²) in [6.07, 6.45) is 8.20. The molecule has 3 aromatic heterocycles. The fourth-order valence-electron chi connectivity index (χ4n) is 6.53. The van der Waals surface area contributed by atoms with Gasteiger partial charge < -0.3 is 26.0 Å². The highest BCUT2D eigenvalue weighted by Gasteiger charge is 2.47. The van der Waals surface area contributed by atoms with Crippen molar-refractivity contribution in [3.8, 4) is 5.75 Å². The number of piperidine rings is 1. The smallest absolute Gasteiger partial charge is 0.326 e. The maximum absolute atomic E-state index is 13.1. The van der Waals surface area contributed by atoms with Crippen LogP contribution >= 0.6 is 11.8 Å². The highest BCUT2D eigenvalue weighted by Crippen LogP contribution is 2.50. The second-order valence-electron chi connectivity index (χ2n) is 11.4. The maximum Gasteiger partial charge on any atom is 0.326 e. The van der Waals surface area contributed by atoms with Crippen LogP contribution in [0.2, 0.25) is 0 Å². The van der Waals surface area contributed by atoms with Gasteiger partial charge in [-0.25, -0.2) is 19.7 Å². The Morgan fingerprint density at radius 2 is 1.98 bits per heavy atom. The number of amides is 2. The van der Waals surface area contributed by atoms with Crippen molar-refractivity contribution in [2.75, 3.05) is 41.8 Å². The molecule has 4 aliphatic rings. The summed E-state index contributed by atoms with van der Waals surface area (Å²) < 4.78 is 6.14. The predicted molar refractivity (Wildman–Crippen MR) is 153 cm³/mol. The number of fused-ring (bicyclic) bond motifs is 4. The SMILES string of the molecule is CC(C)N1CC2COc3c(Sc4ncc(N5CCC6(CC5)Cc5ncccc5[C@H]6N)nc4N)ccnc3N2C1=O. The summed E-state index contributed by atoms with van der Waals surface area (Å²) in [6.45, 7) is 6.76. The van der Waals surface area contributed by atoms with E-state index in [1.54, 1.807) is 17.3 Å². The van der Waals surface area contributed by atoms with Gasteiger partial charge in [0.15, 0.2) is 17.4 Å². The lowest BCUT2D eigenvalue weighted by atomic mass is 9.73. The molecule has 0 aromatic carbocycles. The second kappa shape index (κ2) is 9.48. The zero-order valence-electron chi connectivity index (χ0n) is 22.7. The van der Waals surface area contributed by atoms with Crippen molar-refractivity contribution in [2.24, 2.45) is 11.1 Å². The van der Waals surface area contributed by atoms with Crippen LogP contribution in [0.5, 0.6) is 5.75 Å².